The van der Waals surface area contributed by atoms with E-state index in [1.54, 1.807) is 0 Å². The maximum atomic E-state index is 6.40. The number of aryl methyl sites for hydroxylation is 1. The summed E-state index contributed by atoms with van der Waals surface area (Å²) in [6.45, 7) is 7.23. The Labute approximate surface area is 120 Å². The predicted octanol–water partition coefficient (Wildman–Crippen LogP) is 4.81. The molecule has 1 nitrogen and oxygen atoms in total. The molecule has 0 spiro atoms. The van der Waals surface area contributed by atoms with Crippen molar-refractivity contribution in [1.82, 2.24) is 5.32 Å². The van der Waals surface area contributed by atoms with Crippen molar-refractivity contribution in [3.8, 4) is 11.1 Å². The average molecular weight is 274 g/mol. The third-order valence-corrected chi connectivity index (χ3v) is 3.39. The van der Waals surface area contributed by atoms with Gasteiger partial charge in [0, 0.05) is 23.2 Å². The molecule has 0 radical (unpaired) electrons. The Bertz CT molecular complexity index is 561. The maximum absolute atomic E-state index is 6.40. The van der Waals surface area contributed by atoms with Crippen molar-refractivity contribution in [2.75, 3.05) is 0 Å². The van der Waals surface area contributed by atoms with Crippen LogP contribution in [0.25, 0.3) is 11.1 Å². The minimum Gasteiger partial charge on any atom is -0.310 e. The van der Waals surface area contributed by atoms with Gasteiger partial charge in [-0.25, -0.2) is 0 Å². The molecular weight excluding hydrogens is 254 g/mol. The fourth-order valence-electron chi connectivity index (χ4n) is 2.04. The van der Waals surface area contributed by atoms with Gasteiger partial charge < -0.3 is 5.32 Å². The van der Waals surface area contributed by atoms with Gasteiger partial charge >= 0.3 is 0 Å². The average Bonchev–Trinajstić information content (AvgIpc) is 2.36. The Morgan fingerprint density at radius 1 is 1.11 bits per heavy atom. The van der Waals surface area contributed by atoms with E-state index in [9.17, 15) is 0 Å². The molecule has 2 aromatic carbocycles. The highest BCUT2D eigenvalue weighted by molar-refractivity contribution is 6.33. The molecule has 0 aliphatic carbocycles. The van der Waals surface area contributed by atoms with Crippen LogP contribution in [-0.2, 0) is 6.54 Å². The molecule has 0 aromatic heterocycles. The second kappa shape index (κ2) is 6.23. The van der Waals surface area contributed by atoms with E-state index in [2.05, 4.69) is 68.6 Å². The molecule has 0 unspecified atom stereocenters. The highest BCUT2D eigenvalue weighted by Gasteiger charge is 2.05. The lowest BCUT2D eigenvalue weighted by Crippen LogP contribution is -2.21. The first-order valence-electron chi connectivity index (χ1n) is 6.65. The molecule has 0 saturated carbocycles. The summed E-state index contributed by atoms with van der Waals surface area (Å²) in [5.74, 6) is 0. The summed E-state index contributed by atoms with van der Waals surface area (Å²) in [6, 6.07) is 15.2. The van der Waals surface area contributed by atoms with Crippen molar-refractivity contribution in [2.24, 2.45) is 0 Å². The van der Waals surface area contributed by atoms with Crippen LogP contribution in [0.5, 0.6) is 0 Å². The van der Waals surface area contributed by atoms with Crippen LogP contribution in [0.15, 0.2) is 42.5 Å². The molecule has 0 heterocycles. The van der Waals surface area contributed by atoms with Crippen molar-refractivity contribution < 1.29 is 0 Å². The third kappa shape index (κ3) is 3.82. The van der Waals surface area contributed by atoms with Crippen LogP contribution in [-0.4, -0.2) is 6.04 Å². The topological polar surface area (TPSA) is 12.0 Å². The number of rotatable bonds is 4. The Kier molecular flexibility index (Phi) is 4.62. The minimum absolute atomic E-state index is 0.482. The predicted molar refractivity (Wildman–Crippen MR) is 83.6 cm³/mol. The Morgan fingerprint density at radius 3 is 2.53 bits per heavy atom. The molecular formula is C17H20ClN. The monoisotopic (exact) mass is 273 g/mol. The Balaban J connectivity index is 2.24. The lowest BCUT2D eigenvalue weighted by atomic mass is 10.0. The fourth-order valence-corrected chi connectivity index (χ4v) is 2.35. The van der Waals surface area contributed by atoms with E-state index in [0.717, 1.165) is 17.1 Å². The van der Waals surface area contributed by atoms with Gasteiger partial charge in [-0.1, -0.05) is 67.4 Å². The molecule has 1 N–H and O–H groups in total. The van der Waals surface area contributed by atoms with Crippen LogP contribution in [0, 0.1) is 6.92 Å². The normalized spacial score (nSPS) is 11.0. The van der Waals surface area contributed by atoms with Crippen molar-refractivity contribution >= 4 is 11.6 Å². The number of hydrogen-bond acceptors (Lipinski definition) is 1. The first kappa shape index (κ1) is 14.1. The van der Waals surface area contributed by atoms with E-state index < -0.39 is 0 Å². The molecule has 0 atom stereocenters. The summed E-state index contributed by atoms with van der Waals surface area (Å²) in [6.07, 6.45) is 0. The van der Waals surface area contributed by atoms with Crippen LogP contribution >= 0.6 is 11.6 Å². The SMILES string of the molecule is Cc1cccc(-c2ccc(CNC(C)C)cc2Cl)c1. The van der Waals surface area contributed by atoms with Crippen LogP contribution in [0.1, 0.15) is 25.0 Å². The van der Waals surface area contributed by atoms with Gasteiger partial charge in [0.25, 0.3) is 0 Å². The molecule has 0 amide bonds. The molecule has 2 aromatic rings. The summed E-state index contributed by atoms with van der Waals surface area (Å²) < 4.78 is 0. The molecule has 0 saturated heterocycles. The smallest absolute Gasteiger partial charge is 0.0487 e. The summed E-state index contributed by atoms with van der Waals surface area (Å²) in [5, 5.41) is 4.21. The van der Waals surface area contributed by atoms with Gasteiger partial charge in [-0.05, 0) is 24.1 Å². The largest absolute Gasteiger partial charge is 0.310 e. The van der Waals surface area contributed by atoms with Crippen LogP contribution in [0.3, 0.4) is 0 Å². The van der Waals surface area contributed by atoms with Gasteiger partial charge in [-0.3, -0.25) is 0 Å². The molecule has 100 valence electrons. The summed E-state index contributed by atoms with van der Waals surface area (Å²) in [4.78, 5) is 0. The van der Waals surface area contributed by atoms with Gasteiger partial charge in [0.1, 0.15) is 0 Å². The highest BCUT2D eigenvalue weighted by Crippen LogP contribution is 2.29. The Morgan fingerprint density at radius 2 is 1.89 bits per heavy atom. The maximum Gasteiger partial charge on any atom is 0.0487 e. The van der Waals surface area contributed by atoms with Crippen molar-refractivity contribution in [2.45, 2.75) is 33.4 Å². The summed E-state index contributed by atoms with van der Waals surface area (Å²) in [5.41, 5.74) is 4.74. The second-order valence-corrected chi connectivity index (χ2v) is 5.63. The first-order chi connectivity index (χ1) is 9.06. The van der Waals surface area contributed by atoms with Crippen LogP contribution in [0.2, 0.25) is 5.02 Å². The van der Waals surface area contributed by atoms with Gasteiger partial charge in [0.05, 0.1) is 0 Å². The van der Waals surface area contributed by atoms with E-state index in [0.29, 0.717) is 6.04 Å². The van der Waals surface area contributed by atoms with E-state index >= 15 is 0 Å². The standard InChI is InChI=1S/C17H20ClN/c1-12(2)19-11-14-7-8-16(17(18)10-14)15-6-4-5-13(3)9-15/h4-10,12,19H,11H2,1-3H3. The van der Waals surface area contributed by atoms with Crippen molar-refractivity contribution in [3.63, 3.8) is 0 Å². The molecule has 0 bridgehead atoms. The zero-order chi connectivity index (χ0) is 13.8. The molecule has 0 fully saturated rings. The quantitative estimate of drug-likeness (QED) is 0.843. The highest BCUT2D eigenvalue weighted by atomic mass is 35.5. The first-order valence-corrected chi connectivity index (χ1v) is 7.03. The number of halogens is 1. The molecule has 2 heteroatoms. The lowest BCUT2D eigenvalue weighted by Gasteiger charge is -2.11. The van der Waals surface area contributed by atoms with Gasteiger partial charge in [0.2, 0.25) is 0 Å². The molecule has 0 aliphatic heterocycles. The molecule has 2 rings (SSSR count). The van der Waals surface area contributed by atoms with Crippen molar-refractivity contribution in [1.29, 1.82) is 0 Å². The zero-order valence-corrected chi connectivity index (χ0v) is 12.5. The van der Waals surface area contributed by atoms with E-state index in [1.807, 2.05) is 0 Å². The lowest BCUT2D eigenvalue weighted by molar-refractivity contribution is 0.589. The number of hydrogen-bond donors (Lipinski definition) is 1. The van der Waals surface area contributed by atoms with E-state index in [-0.39, 0.29) is 0 Å². The summed E-state index contributed by atoms with van der Waals surface area (Å²) >= 11 is 6.40. The van der Waals surface area contributed by atoms with E-state index in [4.69, 9.17) is 11.6 Å². The van der Waals surface area contributed by atoms with Crippen molar-refractivity contribution in [3.05, 3.63) is 58.6 Å². The zero-order valence-electron chi connectivity index (χ0n) is 11.7. The third-order valence-electron chi connectivity index (χ3n) is 3.08. The molecule has 19 heavy (non-hydrogen) atoms. The minimum atomic E-state index is 0.482. The fraction of sp³-hybridized carbons (Fsp3) is 0.294. The van der Waals surface area contributed by atoms with Crippen LogP contribution in [0.4, 0.5) is 0 Å². The Hall–Kier alpha value is -1.31. The van der Waals surface area contributed by atoms with Gasteiger partial charge in [0.15, 0.2) is 0 Å². The van der Waals surface area contributed by atoms with Gasteiger partial charge in [-0.2, -0.15) is 0 Å². The van der Waals surface area contributed by atoms with Crippen LogP contribution < -0.4 is 5.32 Å². The second-order valence-electron chi connectivity index (χ2n) is 5.22. The number of benzene rings is 2. The summed E-state index contributed by atoms with van der Waals surface area (Å²) in [7, 11) is 0. The molecule has 0 aliphatic rings. The van der Waals surface area contributed by atoms with E-state index in [1.165, 1.54) is 16.7 Å². The van der Waals surface area contributed by atoms with Gasteiger partial charge in [-0.15, -0.1) is 0 Å². The number of nitrogens with one attached hydrogen (secondary N) is 1.